The molecule has 0 aromatic rings. The molecule has 0 aliphatic heterocycles. The Hall–Kier alpha value is 0.260. The SMILES string of the molecule is CCO.FC(F)(Cl)C(F)(F)Cl. The molecule has 0 unspecified atom stereocenters. The van der Waals surface area contributed by atoms with Gasteiger partial charge in [-0.15, -0.1) is 0 Å². The molecule has 0 saturated carbocycles. The van der Waals surface area contributed by atoms with Crippen LogP contribution in [0.4, 0.5) is 17.6 Å². The van der Waals surface area contributed by atoms with Crippen molar-refractivity contribution in [3.63, 3.8) is 0 Å². The minimum Gasteiger partial charge on any atom is -0.397 e. The molecule has 0 aromatic heterocycles. The Labute approximate surface area is 70.9 Å². The molecule has 0 heterocycles. The molecular formula is C4H6Cl2F4O. The second kappa shape index (κ2) is 5.00. The molecule has 0 aliphatic carbocycles. The lowest BCUT2D eigenvalue weighted by Gasteiger charge is -2.11. The second-order valence-electron chi connectivity index (χ2n) is 1.31. The monoisotopic (exact) mass is 216 g/mol. The number of aliphatic hydroxyl groups is 1. The number of alkyl halides is 6. The van der Waals surface area contributed by atoms with Crippen molar-refractivity contribution in [3.8, 4) is 0 Å². The van der Waals surface area contributed by atoms with Crippen LogP contribution in [0.1, 0.15) is 6.92 Å². The second-order valence-corrected chi connectivity index (χ2v) is 2.26. The highest BCUT2D eigenvalue weighted by Crippen LogP contribution is 2.40. The predicted octanol–water partition coefficient (Wildman–Crippen LogP) is 2.65. The van der Waals surface area contributed by atoms with E-state index in [0.717, 1.165) is 0 Å². The topological polar surface area (TPSA) is 20.2 Å². The van der Waals surface area contributed by atoms with Gasteiger partial charge in [-0.05, 0) is 30.1 Å². The van der Waals surface area contributed by atoms with E-state index in [4.69, 9.17) is 5.11 Å². The van der Waals surface area contributed by atoms with Crippen LogP contribution in [0.2, 0.25) is 0 Å². The molecule has 0 atom stereocenters. The van der Waals surface area contributed by atoms with Gasteiger partial charge in [0.15, 0.2) is 0 Å². The lowest BCUT2D eigenvalue weighted by molar-refractivity contribution is -0.0960. The van der Waals surface area contributed by atoms with Crippen molar-refractivity contribution < 1.29 is 22.7 Å². The van der Waals surface area contributed by atoms with E-state index in [2.05, 4.69) is 23.2 Å². The third-order valence-electron chi connectivity index (χ3n) is 0.321. The summed E-state index contributed by atoms with van der Waals surface area (Å²) < 4.78 is 44.5. The first-order valence-corrected chi connectivity index (χ1v) is 3.16. The molecule has 1 nitrogen and oxygen atoms in total. The summed E-state index contributed by atoms with van der Waals surface area (Å²) in [6, 6.07) is 0. The van der Waals surface area contributed by atoms with Crippen molar-refractivity contribution in [2.45, 2.75) is 17.7 Å². The summed E-state index contributed by atoms with van der Waals surface area (Å²) in [6.07, 6.45) is 0. The zero-order chi connectivity index (χ0) is 9.71. The van der Waals surface area contributed by atoms with E-state index in [0.29, 0.717) is 0 Å². The fraction of sp³-hybridized carbons (Fsp3) is 1.00. The van der Waals surface area contributed by atoms with Crippen molar-refractivity contribution in [2.24, 2.45) is 0 Å². The maximum Gasteiger partial charge on any atom is 0.398 e. The lowest BCUT2D eigenvalue weighted by Crippen LogP contribution is -2.28. The Bertz CT molecular complexity index is 85.2. The van der Waals surface area contributed by atoms with Gasteiger partial charge in [-0.1, -0.05) is 0 Å². The molecule has 0 bridgehead atoms. The van der Waals surface area contributed by atoms with Gasteiger partial charge >= 0.3 is 10.8 Å². The van der Waals surface area contributed by atoms with Gasteiger partial charge < -0.3 is 5.11 Å². The van der Waals surface area contributed by atoms with Crippen molar-refractivity contribution >= 4 is 23.2 Å². The van der Waals surface area contributed by atoms with Crippen LogP contribution in [-0.2, 0) is 0 Å². The fourth-order valence-corrected chi connectivity index (χ4v) is 0. The summed E-state index contributed by atoms with van der Waals surface area (Å²) in [5.74, 6) is 0. The Balaban J connectivity index is 0. The lowest BCUT2D eigenvalue weighted by atomic mass is 10.7. The minimum atomic E-state index is -4.66. The normalized spacial score (nSPS) is 12.0. The van der Waals surface area contributed by atoms with E-state index >= 15 is 0 Å². The van der Waals surface area contributed by atoms with Crippen LogP contribution in [0.25, 0.3) is 0 Å². The highest BCUT2D eigenvalue weighted by molar-refractivity contribution is 6.31. The van der Waals surface area contributed by atoms with Crippen LogP contribution in [0.5, 0.6) is 0 Å². The van der Waals surface area contributed by atoms with Crippen LogP contribution in [0.15, 0.2) is 0 Å². The minimum absolute atomic E-state index is 0.250. The zero-order valence-electron chi connectivity index (χ0n) is 5.42. The molecule has 0 spiro atoms. The van der Waals surface area contributed by atoms with Crippen LogP contribution in [0.3, 0.4) is 0 Å². The summed E-state index contributed by atoms with van der Waals surface area (Å²) in [5.41, 5.74) is 0. The molecule has 70 valence electrons. The summed E-state index contributed by atoms with van der Waals surface area (Å²) in [6.45, 7) is 1.93. The van der Waals surface area contributed by atoms with Gasteiger partial charge in [0.25, 0.3) is 0 Å². The highest BCUT2D eigenvalue weighted by Gasteiger charge is 2.53. The molecule has 0 fully saturated rings. The van der Waals surface area contributed by atoms with Gasteiger partial charge in [0.2, 0.25) is 0 Å². The molecule has 0 aliphatic rings. The van der Waals surface area contributed by atoms with E-state index in [1.807, 2.05) is 0 Å². The average molecular weight is 217 g/mol. The van der Waals surface area contributed by atoms with E-state index in [9.17, 15) is 17.6 Å². The van der Waals surface area contributed by atoms with Gasteiger partial charge in [0.05, 0.1) is 0 Å². The van der Waals surface area contributed by atoms with Gasteiger partial charge in [-0.25, -0.2) is 0 Å². The smallest absolute Gasteiger partial charge is 0.397 e. The molecule has 0 amide bonds. The molecule has 0 rings (SSSR count). The molecule has 11 heavy (non-hydrogen) atoms. The van der Waals surface area contributed by atoms with Crippen LogP contribution in [0, 0.1) is 0 Å². The van der Waals surface area contributed by atoms with Crippen molar-refractivity contribution in [1.29, 1.82) is 0 Å². The standard InChI is InChI=1S/C2Cl2F4.C2H6O/c3-1(5,6)2(4,7)8;1-2-3/h;3H,2H2,1H3. The van der Waals surface area contributed by atoms with E-state index in [1.54, 1.807) is 6.92 Å². The Morgan fingerprint density at radius 2 is 1.18 bits per heavy atom. The summed E-state index contributed by atoms with van der Waals surface area (Å²) in [7, 11) is 0. The highest BCUT2D eigenvalue weighted by atomic mass is 35.5. The van der Waals surface area contributed by atoms with Crippen LogP contribution < -0.4 is 0 Å². The molecule has 0 aromatic carbocycles. The fourth-order valence-electron chi connectivity index (χ4n) is 0. The maximum absolute atomic E-state index is 11.1. The van der Waals surface area contributed by atoms with Gasteiger partial charge in [0, 0.05) is 6.61 Å². The Morgan fingerprint density at radius 1 is 1.09 bits per heavy atom. The van der Waals surface area contributed by atoms with Crippen LogP contribution in [-0.4, -0.2) is 22.5 Å². The van der Waals surface area contributed by atoms with E-state index in [1.165, 1.54) is 0 Å². The van der Waals surface area contributed by atoms with Crippen molar-refractivity contribution in [3.05, 3.63) is 0 Å². The first-order chi connectivity index (χ1) is 4.66. The van der Waals surface area contributed by atoms with E-state index in [-0.39, 0.29) is 6.61 Å². The maximum atomic E-state index is 11.1. The third-order valence-corrected chi connectivity index (χ3v) is 0.893. The molecule has 0 radical (unpaired) electrons. The molecule has 7 heteroatoms. The van der Waals surface area contributed by atoms with E-state index < -0.39 is 10.8 Å². The van der Waals surface area contributed by atoms with Gasteiger partial charge in [-0.3, -0.25) is 0 Å². The number of hydrogen-bond acceptors (Lipinski definition) is 1. The first-order valence-electron chi connectivity index (χ1n) is 2.41. The third kappa shape index (κ3) is 8.16. The largest absolute Gasteiger partial charge is 0.398 e. The Kier molecular flexibility index (Phi) is 6.29. The number of rotatable bonds is 1. The molecule has 1 N–H and O–H groups in total. The molecule has 0 saturated heterocycles. The first kappa shape index (κ1) is 13.8. The zero-order valence-corrected chi connectivity index (χ0v) is 6.93. The summed E-state index contributed by atoms with van der Waals surface area (Å²) in [5, 5.41) is -1.75. The Morgan fingerprint density at radius 3 is 1.18 bits per heavy atom. The average Bonchev–Trinajstić information content (AvgIpc) is 1.60. The number of hydrogen-bond donors (Lipinski definition) is 1. The number of aliphatic hydroxyl groups excluding tert-OH is 1. The van der Waals surface area contributed by atoms with Gasteiger partial charge in [0.1, 0.15) is 0 Å². The summed E-state index contributed by atoms with van der Waals surface area (Å²) >= 11 is 7.59. The van der Waals surface area contributed by atoms with Crippen molar-refractivity contribution in [1.82, 2.24) is 0 Å². The van der Waals surface area contributed by atoms with Crippen LogP contribution >= 0.6 is 23.2 Å². The van der Waals surface area contributed by atoms with Crippen molar-refractivity contribution in [2.75, 3.05) is 6.61 Å². The summed E-state index contributed by atoms with van der Waals surface area (Å²) in [4.78, 5) is 0. The quantitative estimate of drug-likeness (QED) is 0.528. The predicted molar refractivity (Wildman–Crippen MR) is 34.4 cm³/mol. The number of halogens is 6. The van der Waals surface area contributed by atoms with Gasteiger partial charge in [-0.2, -0.15) is 17.6 Å². The molecular weight excluding hydrogens is 211 g/mol.